The topological polar surface area (TPSA) is 26.2 Å². The molecular formula is C12H11ClF2N2O. The van der Waals surface area contributed by atoms with Gasteiger partial charge in [0.15, 0.2) is 0 Å². The predicted octanol–water partition coefficient (Wildman–Crippen LogP) is 3.49. The second-order valence-electron chi connectivity index (χ2n) is 3.56. The van der Waals surface area contributed by atoms with Crippen molar-refractivity contribution in [1.29, 1.82) is 0 Å². The Kier molecular flexibility index (Phi) is 4.04. The summed E-state index contributed by atoms with van der Waals surface area (Å²) in [7, 11) is 0. The van der Waals surface area contributed by atoms with Crippen molar-refractivity contribution in [2.75, 3.05) is 5.43 Å². The smallest absolute Gasteiger partial charge is 0.387 e. The van der Waals surface area contributed by atoms with Crippen LogP contribution < -0.4 is 10.2 Å². The van der Waals surface area contributed by atoms with E-state index in [9.17, 15) is 8.78 Å². The number of ether oxygens (including phenoxy) is 1. The number of benzene rings is 1. The normalized spacial score (nSPS) is 10.7. The van der Waals surface area contributed by atoms with Gasteiger partial charge in [-0.3, -0.25) is 4.68 Å². The first-order chi connectivity index (χ1) is 8.65. The number of nitrogens with one attached hydrogen (secondary N) is 1. The molecule has 3 nitrogen and oxygen atoms in total. The summed E-state index contributed by atoms with van der Waals surface area (Å²) in [5, 5.41) is 0.473. The molecule has 2 aromatic rings. The van der Waals surface area contributed by atoms with Crippen molar-refractivity contribution in [2.24, 2.45) is 0 Å². The van der Waals surface area contributed by atoms with Gasteiger partial charge in [0.05, 0.1) is 6.54 Å². The molecule has 0 amide bonds. The zero-order valence-electron chi connectivity index (χ0n) is 9.32. The summed E-state index contributed by atoms with van der Waals surface area (Å²) >= 11 is 5.84. The molecule has 0 fully saturated rings. The molecule has 0 saturated heterocycles. The highest BCUT2D eigenvalue weighted by atomic mass is 35.5. The minimum Gasteiger partial charge on any atom is -0.434 e. The summed E-state index contributed by atoms with van der Waals surface area (Å²) in [5.41, 5.74) is 3.58. The largest absolute Gasteiger partial charge is 0.434 e. The van der Waals surface area contributed by atoms with E-state index in [-0.39, 0.29) is 5.75 Å². The van der Waals surface area contributed by atoms with Gasteiger partial charge in [-0.2, -0.15) is 8.78 Å². The molecule has 18 heavy (non-hydrogen) atoms. The van der Waals surface area contributed by atoms with Gasteiger partial charge >= 0.3 is 6.61 Å². The molecule has 0 aliphatic rings. The van der Waals surface area contributed by atoms with Crippen LogP contribution >= 0.6 is 11.6 Å². The lowest BCUT2D eigenvalue weighted by molar-refractivity contribution is -0.0504. The maximum Gasteiger partial charge on any atom is 0.387 e. The first kappa shape index (κ1) is 12.7. The molecule has 0 aliphatic heterocycles. The molecule has 1 aromatic carbocycles. The maximum absolute atomic E-state index is 12.2. The van der Waals surface area contributed by atoms with Crippen LogP contribution in [0, 0.1) is 0 Å². The number of aromatic nitrogens is 1. The van der Waals surface area contributed by atoms with Crippen LogP contribution in [0.25, 0.3) is 0 Å². The zero-order chi connectivity index (χ0) is 13.0. The van der Waals surface area contributed by atoms with Gasteiger partial charge in [0.25, 0.3) is 0 Å². The molecule has 96 valence electrons. The van der Waals surface area contributed by atoms with Gasteiger partial charge in [0.2, 0.25) is 0 Å². The van der Waals surface area contributed by atoms with Crippen molar-refractivity contribution < 1.29 is 13.5 Å². The van der Waals surface area contributed by atoms with Crippen LogP contribution in [0.2, 0.25) is 5.02 Å². The lowest BCUT2D eigenvalue weighted by Gasteiger charge is -2.13. The minimum atomic E-state index is -2.85. The lowest BCUT2D eigenvalue weighted by Crippen LogP contribution is -2.13. The highest BCUT2D eigenvalue weighted by Gasteiger charge is 2.10. The minimum absolute atomic E-state index is 0.119. The Hall–Kier alpha value is -1.75. The molecular weight excluding hydrogens is 262 g/mol. The molecule has 1 N–H and O–H groups in total. The summed E-state index contributed by atoms with van der Waals surface area (Å²) < 4.78 is 30.6. The standard InChI is InChI=1S/C12H11ClF2N2O/c13-10-3-4-11(18-12(14)15)9(7-10)8-16-17-5-1-2-6-17/h1-7,12,16H,8H2. The van der Waals surface area contributed by atoms with Gasteiger partial charge < -0.3 is 10.2 Å². The quantitative estimate of drug-likeness (QED) is 0.902. The average Bonchev–Trinajstić information content (AvgIpc) is 2.82. The highest BCUT2D eigenvalue weighted by Crippen LogP contribution is 2.24. The van der Waals surface area contributed by atoms with Gasteiger partial charge in [-0.15, -0.1) is 0 Å². The van der Waals surface area contributed by atoms with Crippen molar-refractivity contribution in [3.8, 4) is 5.75 Å². The van der Waals surface area contributed by atoms with Crippen molar-refractivity contribution in [2.45, 2.75) is 13.2 Å². The van der Waals surface area contributed by atoms with E-state index in [2.05, 4.69) is 10.2 Å². The Morgan fingerprint density at radius 1 is 1.28 bits per heavy atom. The van der Waals surface area contributed by atoms with Gasteiger partial charge in [-0.1, -0.05) is 11.6 Å². The van der Waals surface area contributed by atoms with Crippen LogP contribution in [-0.2, 0) is 6.54 Å². The molecule has 1 aromatic heterocycles. The first-order valence-corrected chi connectivity index (χ1v) is 5.63. The third-order valence-electron chi connectivity index (χ3n) is 2.30. The van der Waals surface area contributed by atoms with E-state index < -0.39 is 6.61 Å². The van der Waals surface area contributed by atoms with E-state index in [1.165, 1.54) is 12.1 Å². The second-order valence-corrected chi connectivity index (χ2v) is 3.99. The highest BCUT2D eigenvalue weighted by molar-refractivity contribution is 6.30. The van der Waals surface area contributed by atoms with Crippen LogP contribution in [0.4, 0.5) is 8.78 Å². The fourth-order valence-electron chi connectivity index (χ4n) is 1.51. The number of hydrogen-bond donors (Lipinski definition) is 1. The SMILES string of the molecule is FC(F)Oc1ccc(Cl)cc1CNn1cccc1. The van der Waals surface area contributed by atoms with Gasteiger partial charge in [0, 0.05) is 23.0 Å². The van der Waals surface area contributed by atoms with E-state index in [0.717, 1.165) is 0 Å². The molecule has 0 unspecified atom stereocenters. The number of hydrogen-bond acceptors (Lipinski definition) is 2. The summed E-state index contributed by atoms with van der Waals surface area (Å²) in [6.45, 7) is -2.52. The van der Waals surface area contributed by atoms with Crippen molar-refractivity contribution in [1.82, 2.24) is 4.68 Å². The Balaban J connectivity index is 2.11. The fraction of sp³-hybridized carbons (Fsp3) is 0.167. The van der Waals surface area contributed by atoms with Crippen molar-refractivity contribution >= 4 is 11.6 Å². The molecule has 0 atom stereocenters. The van der Waals surface area contributed by atoms with Gasteiger partial charge in [0.1, 0.15) is 5.75 Å². The molecule has 0 saturated carbocycles. The Morgan fingerprint density at radius 2 is 2.00 bits per heavy atom. The van der Waals surface area contributed by atoms with E-state index in [1.54, 1.807) is 23.1 Å². The van der Waals surface area contributed by atoms with Crippen molar-refractivity contribution in [3.05, 3.63) is 53.3 Å². The number of alkyl halides is 2. The summed E-state index contributed by atoms with van der Waals surface area (Å²) in [6, 6.07) is 8.23. The Morgan fingerprint density at radius 3 is 2.67 bits per heavy atom. The monoisotopic (exact) mass is 272 g/mol. The molecule has 6 heteroatoms. The van der Waals surface area contributed by atoms with E-state index in [4.69, 9.17) is 11.6 Å². The van der Waals surface area contributed by atoms with Crippen LogP contribution in [0.5, 0.6) is 5.75 Å². The summed E-state index contributed by atoms with van der Waals surface area (Å²) in [6.07, 6.45) is 3.61. The fourth-order valence-corrected chi connectivity index (χ4v) is 1.71. The number of rotatable bonds is 5. The van der Waals surface area contributed by atoms with E-state index in [1.807, 2.05) is 12.1 Å². The first-order valence-electron chi connectivity index (χ1n) is 5.25. The third-order valence-corrected chi connectivity index (χ3v) is 2.53. The molecule has 2 rings (SSSR count). The van der Waals surface area contributed by atoms with Crippen LogP contribution in [0.3, 0.4) is 0 Å². The van der Waals surface area contributed by atoms with Crippen LogP contribution in [-0.4, -0.2) is 11.3 Å². The van der Waals surface area contributed by atoms with Gasteiger partial charge in [-0.05, 0) is 30.3 Å². The van der Waals surface area contributed by atoms with Crippen molar-refractivity contribution in [3.63, 3.8) is 0 Å². The number of halogens is 3. The summed E-state index contributed by atoms with van der Waals surface area (Å²) in [5.74, 6) is 0.119. The average molecular weight is 273 g/mol. The second kappa shape index (κ2) is 5.73. The Labute approximate surface area is 108 Å². The maximum atomic E-state index is 12.2. The van der Waals surface area contributed by atoms with E-state index in [0.29, 0.717) is 17.1 Å². The molecule has 0 bridgehead atoms. The third kappa shape index (κ3) is 3.37. The van der Waals surface area contributed by atoms with E-state index >= 15 is 0 Å². The Bertz CT molecular complexity index is 503. The predicted molar refractivity (Wildman–Crippen MR) is 65.6 cm³/mol. The van der Waals surface area contributed by atoms with Gasteiger partial charge in [-0.25, -0.2) is 0 Å². The molecule has 0 aliphatic carbocycles. The van der Waals surface area contributed by atoms with Crippen LogP contribution in [0.15, 0.2) is 42.7 Å². The zero-order valence-corrected chi connectivity index (χ0v) is 10.1. The number of nitrogens with zero attached hydrogens (tertiary/aromatic N) is 1. The summed E-state index contributed by atoms with van der Waals surface area (Å²) in [4.78, 5) is 0. The van der Waals surface area contributed by atoms with Crippen LogP contribution in [0.1, 0.15) is 5.56 Å². The lowest BCUT2D eigenvalue weighted by atomic mass is 10.2. The molecule has 0 radical (unpaired) electrons. The molecule has 0 spiro atoms. The molecule has 1 heterocycles.